The molecule has 26 heteroatoms. The standard InChI is InChI=1S/C37H67NO13.C27H29NO10.ClH/c1-14-25-37(10,45)30(41)20(4)27(39)18(2)16-35(8,44)32(51-34-28(40)24(38(11)12)15-19(3)47-34)21(5)29(22(6)33(43)49-25)50-26-17-36(9,46-13)31(42)23(7)48-26;1-10-22(30)14(28)7-17(37-10)38-16-9-27(35,11(2)29)8-13-19(16)26(34)21-20(24(13)32)23(31)12-5-4-6-15(36-3)18(12)25(21)33;/h18-26,28-32,34,40-42,44-45H,14-17H2,1-13H3;4-6,10,14,16-17,22,30,32,34-35H,7-9,28H2,1-3H3;1H/t18-,19-,20+,21+,22-,23+,24+,25-,26+,28-,29+,30-,31+,32-,34+,35-,36-,37-;10?,14?,16-,17?,22?,27-;/m10./s1. The van der Waals surface area contributed by atoms with Crippen molar-refractivity contribution in [1.82, 2.24) is 4.90 Å². The smallest absolute Gasteiger partial charge is 0.311 e. The van der Waals surface area contributed by atoms with Crippen molar-refractivity contribution >= 4 is 41.5 Å². The minimum atomic E-state index is -2.00. The van der Waals surface area contributed by atoms with Gasteiger partial charge in [0.05, 0.1) is 89.8 Å². The fraction of sp³-hybridized carbons (Fsp3) is 0.734. The van der Waals surface area contributed by atoms with Gasteiger partial charge in [-0.3, -0.25) is 24.0 Å². The van der Waals surface area contributed by atoms with Crippen molar-refractivity contribution in [2.45, 2.75) is 249 Å². The third-order valence-corrected chi connectivity index (χ3v) is 19.6. The maximum absolute atomic E-state index is 14.1. The molecule has 8 rings (SSSR count). The maximum atomic E-state index is 14.1. The molecule has 0 aromatic heterocycles. The SMILES string of the molecule is CC[C@H]1OC(=O)[C@H](C)[C@@H](O[C@H]2C[C@@](C)(OC)[C@@H](O)[C@H](C)O2)[C@H](C)[C@@H](O[C@@H]2O[C@H](C)C[C@H](N(C)C)[C@H]2O)[C@](C)(O)C[C@@H](C)C(=O)[C@H](C)[C@@H](O)[C@]1(C)O.COc1cccc2c1C(=O)c1c(O)c3c(c(O)c1C2=O)C[C@@](O)(C(C)=O)C[C@@H]3OC1CC(N)C(O)C(C)O1.Cl. The highest BCUT2D eigenvalue weighted by Gasteiger charge is 2.55. The van der Waals surface area contributed by atoms with Crippen LogP contribution in [0.15, 0.2) is 18.2 Å². The van der Waals surface area contributed by atoms with E-state index in [1.165, 1.54) is 60.1 Å². The van der Waals surface area contributed by atoms with Gasteiger partial charge in [-0.2, -0.15) is 0 Å². The molecule has 0 saturated carbocycles. The van der Waals surface area contributed by atoms with E-state index in [1.807, 2.05) is 25.9 Å². The number of Topliss-reactive ketones (excluding diaryl/α,β-unsaturated/α-hetero) is 2. The summed E-state index contributed by atoms with van der Waals surface area (Å²) in [6.45, 7) is 19.1. The topological polar surface area (TPSA) is 380 Å². The Balaban J connectivity index is 0.000000294. The van der Waals surface area contributed by atoms with Crippen LogP contribution in [0.4, 0.5) is 0 Å². The van der Waals surface area contributed by atoms with Gasteiger partial charge in [0.1, 0.15) is 52.5 Å². The van der Waals surface area contributed by atoms with Crippen LogP contribution in [0.5, 0.6) is 17.2 Å². The third kappa shape index (κ3) is 14.5. The molecule has 0 bridgehead atoms. The highest BCUT2D eigenvalue weighted by atomic mass is 35.5. The van der Waals surface area contributed by atoms with Crippen LogP contribution >= 0.6 is 12.4 Å². The van der Waals surface area contributed by atoms with E-state index in [-0.39, 0.29) is 84.7 Å². The fourth-order valence-corrected chi connectivity index (χ4v) is 14.1. The molecular formula is C64H97ClN2O23. The van der Waals surface area contributed by atoms with Crippen molar-refractivity contribution in [2.75, 3.05) is 28.3 Å². The van der Waals surface area contributed by atoms with Gasteiger partial charge in [-0.1, -0.05) is 39.8 Å². The zero-order valence-electron chi connectivity index (χ0n) is 54.4. The Morgan fingerprint density at radius 3 is 1.96 bits per heavy atom. The predicted octanol–water partition coefficient (Wildman–Crippen LogP) is 3.24. The summed E-state index contributed by atoms with van der Waals surface area (Å²) in [6.07, 6.45) is -14.2. The van der Waals surface area contributed by atoms with Crippen LogP contribution in [0.25, 0.3) is 0 Å². The number of benzene rings is 2. The van der Waals surface area contributed by atoms with E-state index in [9.17, 15) is 69.9 Å². The molecule has 6 aliphatic rings. The van der Waals surface area contributed by atoms with Crippen LogP contribution in [0, 0.1) is 23.7 Å². The van der Waals surface area contributed by atoms with Crippen LogP contribution in [0.2, 0.25) is 0 Å². The minimum Gasteiger partial charge on any atom is -0.507 e. The number of carbonyl (C=O) groups excluding carboxylic acids is 5. The van der Waals surface area contributed by atoms with E-state index in [2.05, 4.69) is 0 Å². The highest BCUT2D eigenvalue weighted by Crippen LogP contribution is 2.53. The summed E-state index contributed by atoms with van der Waals surface area (Å²) in [5.41, 5.74) is -1.87. The number of carbonyl (C=O) groups is 5. The third-order valence-electron chi connectivity index (χ3n) is 19.6. The van der Waals surface area contributed by atoms with Crippen molar-refractivity contribution in [3.63, 3.8) is 0 Å². The van der Waals surface area contributed by atoms with E-state index in [4.69, 9.17) is 48.4 Å². The monoisotopic (exact) mass is 1300 g/mol. The number of cyclic esters (lactones) is 1. The largest absolute Gasteiger partial charge is 0.507 e. The van der Waals surface area contributed by atoms with Crippen molar-refractivity contribution in [3.05, 3.63) is 51.6 Å². The van der Waals surface area contributed by atoms with Gasteiger partial charge in [-0.25, -0.2) is 0 Å². The Labute approximate surface area is 532 Å². The molecular weight excluding hydrogens is 1200 g/mol. The second kappa shape index (κ2) is 28.7. The number of rotatable bonds is 11. The number of phenolic OH excluding ortho intramolecular Hbond substituents is 2. The summed E-state index contributed by atoms with van der Waals surface area (Å²) in [4.78, 5) is 69.4. The number of nitrogens with zero attached hydrogens (tertiary/aromatic N) is 1. The van der Waals surface area contributed by atoms with Gasteiger partial charge in [0.2, 0.25) is 5.78 Å². The number of aliphatic hydroxyl groups excluding tert-OH is 4. The van der Waals surface area contributed by atoms with Gasteiger partial charge < -0.3 is 99.2 Å². The van der Waals surface area contributed by atoms with Gasteiger partial charge >= 0.3 is 5.97 Å². The molecule has 4 heterocycles. The molecule has 2 aliphatic carbocycles. The predicted molar refractivity (Wildman–Crippen MR) is 324 cm³/mol. The average molecular weight is 1300 g/mol. The average Bonchev–Trinajstić information content (AvgIpc) is 0.818. The van der Waals surface area contributed by atoms with Crippen LogP contribution < -0.4 is 10.5 Å². The first-order valence-electron chi connectivity index (χ1n) is 30.7. The molecule has 4 unspecified atom stereocenters. The Bertz CT molecular complexity index is 2910. The number of aliphatic hydroxyl groups is 7. The lowest BCUT2D eigenvalue weighted by Crippen LogP contribution is -2.61. The molecule has 4 aliphatic heterocycles. The number of phenols is 2. The molecule has 0 radical (unpaired) electrons. The molecule has 2 aromatic rings. The second-order valence-electron chi connectivity index (χ2n) is 26.6. The maximum Gasteiger partial charge on any atom is 0.311 e. The highest BCUT2D eigenvalue weighted by molar-refractivity contribution is 6.31. The number of esters is 1. The Morgan fingerprint density at radius 2 is 1.38 bits per heavy atom. The Morgan fingerprint density at radius 1 is 0.756 bits per heavy atom. The number of fused-ring (bicyclic) bond motifs is 3. The number of nitrogens with two attached hydrogens (primary N) is 1. The number of halogens is 1. The Kier molecular flexibility index (Phi) is 23.8. The molecule has 4 fully saturated rings. The summed E-state index contributed by atoms with van der Waals surface area (Å²) in [5.74, 6) is -8.15. The van der Waals surface area contributed by atoms with E-state index in [1.54, 1.807) is 48.5 Å². The van der Waals surface area contributed by atoms with Crippen molar-refractivity contribution in [2.24, 2.45) is 29.4 Å². The summed E-state index contributed by atoms with van der Waals surface area (Å²) >= 11 is 0. The van der Waals surface area contributed by atoms with Gasteiger partial charge in [0.15, 0.2) is 30.4 Å². The first-order valence-corrected chi connectivity index (χ1v) is 30.7. The lowest BCUT2D eigenvalue weighted by atomic mass is 9.72. The van der Waals surface area contributed by atoms with Gasteiger partial charge in [-0.05, 0) is 94.8 Å². The van der Waals surface area contributed by atoms with Crippen molar-refractivity contribution in [1.29, 1.82) is 0 Å². The lowest BCUT2D eigenvalue weighted by molar-refractivity contribution is -0.318. The number of likely N-dealkylation sites (N-methyl/N-ethyl adjacent to an activating group) is 1. The Hall–Kier alpha value is -4.36. The first-order chi connectivity index (χ1) is 41.3. The minimum absolute atomic E-state index is 0. The molecule has 4 saturated heterocycles. The molecule has 90 heavy (non-hydrogen) atoms. The molecule has 11 N–H and O–H groups in total. The second-order valence-corrected chi connectivity index (χ2v) is 26.6. The quantitative estimate of drug-likeness (QED) is 0.0973. The zero-order chi connectivity index (χ0) is 66.6. The van der Waals surface area contributed by atoms with Crippen LogP contribution in [-0.2, 0) is 58.7 Å². The normalized spacial score (nSPS) is 41.0. The fourth-order valence-electron chi connectivity index (χ4n) is 14.1. The molecule has 508 valence electrons. The van der Waals surface area contributed by atoms with E-state index in [0.29, 0.717) is 6.42 Å². The zero-order valence-corrected chi connectivity index (χ0v) is 55.2. The molecule has 2 aromatic carbocycles. The summed E-state index contributed by atoms with van der Waals surface area (Å²) in [6, 6.07) is 3.42. The number of ketones is 4. The first kappa shape index (κ1) is 74.7. The molecule has 25 nitrogen and oxygen atoms in total. The number of methoxy groups -OCH3 is 2. The van der Waals surface area contributed by atoms with E-state index < -0.39 is 190 Å². The summed E-state index contributed by atoms with van der Waals surface area (Å²) < 4.78 is 54.1. The number of ether oxygens (including phenoxy) is 9. The number of hydrogen-bond acceptors (Lipinski definition) is 25. The van der Waals surface area contributed by atoms with Crippen LogP contribution in [0.3, 0.4) is 0 Å². The number of hydrogen-bond donors (Lipinski definition) is 10. The van der Waals surface area contributed by atoms with Crippen molar-refractivity contribution in [3.8, 4) is 17.2 Å². The van der Waals surface area contributed by atoms with E-state index in [0.717, 1.165) is 0 Å². The van der Waals surface area contributed by atoms with E-state index >= 15 is 0 Å². The summed E-state index contributed by atoms with van der Waals surface area (Å²) in [5, 5.41) is 102. The van der Waals surface area contributed by atoms with Crippen LogP contribution in [0.1, 0.15) is 171 Å². The van der Waals surface area contributed by atoms with Gasteiger partial charge in [0, 0.05) is 79.3 Å². The number of aromatic hydroxyl groups is 2. The lowest BCUT2D eigenvalue weighted by Gasteiger charge is -2.49. The molecule has 0 amide bonds. The van der Waals surface area contributed by atoms with Crippen LogP contribution in [-0.4, -0.2) is 223 Å². The van der Waals surface area contributed by atoms with Crippen molar-refractivity contribution < 1.29 is 113 Å². The summed E-state index contributed by atoms with van der Waals surface area (Å²) in [7, 11) is 6.52. The molecule has 24 atom stereocenters. The van der Waals surface area contributed by atoms with Gasteiger partial charge in [0.25, 0.3) is 0 Å². The molecule has 0 spiro atoms. The van der Waals surface area contributed by atoms with Gasteiger partial charge in [-0.15, -0.1) is 12.4 Å².